The lowest BCUT2D eigenvalue weighted by molar-refractivity contribution is 0.0645. The van der Waals surface area contributed by atoms with E-state index in [1.54, 1.807) is 18.4 Å². The molecule has 0 bridgehead atoms. The second-order valence-electron chi connectivity index (χ2n) is 4.59. The summed E-state index contributed by atoms with van der Waals surface area (Å²) in [5, 5.41) is 3.09. The molecule has 0 radical (unpaired) electrons. The van der Waals surface area contributed by atoms with E-state index in [0.717, 1.165) is 22.0 Å². The molecule has 1 atom stereocenters. The van der Waals surface area contributed by atoms with Crippen LogP contribution in [0.5, 0.6) is 0 Å². The van der Waals surface area contributed by atoms with Gasteiger partial charge in [-0.15, -0.1) is 11.3 Å². The summed E-state index contributed by atoms with van der Waals surface area (Å²) in [5.41, 5.74) is 8.52. The number of nitrogens with two attached hydrogens (primary N) is 1. The van der Waals surface area contributed by atoms with Crippen LogP contribution in [0.3, 0.4) is 0 Å². The highest BCUT2D eigenvalue weighted by Crippen LogP contribution is 2.31. The summed E-state index contributed by atoms with van der Waals surface area (Å²) in [5.74, 6) is 0.417. The number of anilines is 1. The van der Waals surface area contributed by atoms with E-state index in [1.165, 1.54) is 0 Å². The number of thiazole rings is 1. The Hall–Kier alpha value is -1.39. The molecule has 1 unspecified atom stereocenters. The van der Waals surface area contributed by atoms with Crippen LogP contribution in [0.15, 0.2) is 29.6 Å². The van der Waals surface area contributed by atoms with Crippen LogP contribution in [0, 0.1) is 5.92 Å². The van der Waals surface area contributed by atoms with Crippen LogP contribution in [0.2, 0.25) is 0 Å². The molecule has 3 nitrogen and oxygen atoms in total. The van der Waals surface area contributed by atoms with Gasteiger partial charge in [0.25, 0.3) is 0 Å². The molecule has 2 N–H and O–H groups in total. The first kappa shape index (κ1) is 13.1. The molecule has 2 aromatic rings. The van der Waals surface area contributed by atoms with Gasteiger partial charge >= 0.3 is 0 Å². The number of hydrogen-bond donors (Lipinski definition) is 1. The smallest absolute Gasteiger partial charge is 0.122 e. The molecule has 96 valence electrons. The van der Waals surface area contributed by atoms with Gasteiger partial charge in [0.2, 0.25) is 0 Å². The average Bonchev–Trinajstić information content (AvgIpc) is 2.80. The van der Waals surface area contributed by atoms with Crippen LogP contribution in [0.25, 0.3) is 11.3 Å². The monoisotopic (exact) mass is 262 g/mol. The Bertz CT molecular complexity index is 505. The molecule has 1 aromatic heterocycles. The quantitative estimate of drug-likeness (QED) is 0.854. The lowest BCUT2D eigenvalue weighted by atomic mass is 10.1. The summed E-state index contributed by atoms with van der Waals surface area (Å²) >= 11 is 1.64. The van der Waals surface area contributed by atoms with Gasteiger partial charge in [0.1, 0.15) is 11.1 Å². The van der Waals surface area contributed by atoms with Crippen molar-refractivity contribution >= 4 is 17.0 Å². The zero-order valence-electron chi connectivity index (χ0n) is 10.9. The summed E-state index contributed by atoms with van der Waals surface area (Å²) in [6.45, 7) is 4.27. The maximum absolute atomic E-state index is 5.68. The van der Waals surface area contributed by atoms with Crippen molar-refractivity contribution in [2.24, 2.45) is 5.92 Å². The third-order valence-corrected chi connectivity index (χ3v) is 3.74. The normalized spacial score (nSPS) is 12.9. The number of methoxy groups -OCH3 is 1. The largest absolute Gasteiger partial charge is 0.399 e. The molecule has 0 amide bonds. The molecule has 0 fully saturated rings. The van der Waals surface area contributed by atoms with Crippen LogP contribution in [0.4, 0.5) is 5.69 Å². The summed E-state index contributed by atoms with van der Waals surface area (Å²) in [6, 6.07) is 7.77. The number of nitrogens with zero attached hydrogens (tertiary/aromatic N) is 1. The lowest BCUT2D eigenvalue weighted by Crippen LogP contribution is -2.08. The number of benzene rings is 1. The molecule has 1 aromatic carbocycles. The van der Waals surface area contributed by atoms with Crippen molar-refractivity contribution in [2.75, 3.05) is 12.8 Å². The molecule has 0 spiro atoms. The van der Waals surface area contributed by atoms with Crippen molar-refractivity contribution in [3.63, 3.8) is 0 Å². The highest BCUT2D eigenvalue weighted by Gasteiger charge is 2.18. The van der Waals surface area contributed by atoms with Gasteiger partial charge in [-0.1, -0.05) is 26.0 Å². The molecule has 0 saturated heterocycles. The Labute approximate surface area is 112 Å². The highest BCUT2D eigenvalue weighted by molar-refractivity contribution is 7.10. The van der Waals surface area contributed by atoms with Crippen molar-refractivity contribution in [1.29, 1.82) is 0 Å². The summed E-state index contributed by atoms with van der Waals surface area (Å²) in [7, 11) is 1.73. The molecule has 0 aliphatic heterocycles. The molecule has 4 heteroatoms. The number of aromatic nitrogens is 1. The minimum atomic E-state index is 0.0672. The van der Waals surface area contributed by atoms with Gasteiger partial charge in [-0.3, -0.25) is 0 Å². The van der Waals surface area contributed by atoms with E-state index in [4.69, 9.17) is 10.5 Å². The summed E-state index contributed by atoms with van der Waals surface area (Å²) < 4.78 is 5.49. The Morgan fingerprint density at radius 2 is 1.89 bits per heavy atom. The molecular weight excluding hydrogens is 244 g/mol. The van der Waals surface area contributed by atoms with Crippen molar-refractivity contribution in [3.8, 4) is 11.3 Å². The number of hydrogen-bond acceptors (Lipinski definition) is 4. The maximum atomic E-state index is 5.68. The SMILES string of the molecule is COC(c1nc(-c2ccc(N)cc2)cs1)C(C)C. The van der Waals surface area contributed by atoms with E-state index in [1.807, 2.05) is 24.3 Å². The van der Waals surface area contributed by atoms with Crippen molar-refractivity contribution in [2.45, 2.75) is 20.0 Å². The predicted octanol–water partition coefficient (Wildman–Crippen LogP) is 3.74. The molecule has 0 aliphatic rings. The third kappa shape index (κ3) is 2.71. The predicted molar refractivity (Wildman–Crippen MR) is 76.6 cm³/mol. The van der Waals surface area contributed by atoms with E-state index in [0.29, 0.717) is 5.92 Å². The first-order valence-corrected chi connectivity index (χ1v) is 6.84. The fourth-order valence-electron chi connectivity index (χ4n) is 1.86. The Morgan fingerprint density at radius 1 is 1.22 bits per heavy atom. The lowest BCUT2D eigenvalue weighted by Gasteiger charge is -2.15. The fraction of sp³-hybridized carbons (Fsp3) is 0.357. The van der Waals surface area contributed by atoms with Crippen molar-refractivity contribution < 1.29 is 4.74 Å². The Kier molecular flexibility index (Phi) is 3.99. The Balaban J connectivity index is 2.27. The Morgan fingerprint density at radius 3 is 2.44 bits per heavy atom. The second kappa shape index (κ2) is 5.50. The molecule has 0 aliphatic carbocycles. The number of ether oxygens (including phenoxy) is 1. The number of nitrogen functional groups attached to an aromatic ring is 1. The summed E-state index contributed by atoms with van der Waals surface area (Å²) in [4.78, 5) is 4.66. The van der Waals surface area contributed by atoms with Gasteiger partial charge in [0, 0.05) is 23.7 Å². The van der Waals surface area contributed by atoms with E-state index in [-0.39, 0.29) is 6.10 Å². The number of rotatable bonds is 4. The fourth-order valence-corrected chi connectivity index (χ4v) is 2.94. The zero-order chi connectivity index (χ0) is 13.1. The highest BCUT2D eigenvalue weighted by atomic mass is 32.1. The zero-order valence-corrected chi connectivity index (χ0v) is 11.7. The molecule has 0 saturated carbocycles. The van der Waals surface area contributed by atoms with Gasteiger partial charge in [-0.05, 0) is 18.1 Å². The van der Waals surface area contributed by atoms with E-state index >= 15 is 0 Å². The minimum Gasteiger partial charge on any atom is -0.399 e. The maximum Gasteiger partial charge on any atom is 0.122 e. The van der Waals surface area contributed by atoms with Crippen LogP contribution in [0.1, 0.15) is 25.0 Å². The molecule has 2 rings (SSSR count). The van der Waals surface area contributed by atoms with E-state index in [9.17, 15) is 0 Å². The van der Waals surface area contributed by atoms with Crippen molar-refractivity contribution in [3.05, 3.63) is 34.7 Å². The summed E-state index contributed by atoms with van der Waals surface area (Å²) in [6.07, 6.45) is 0.0672. The molecule has 1 heterocycles. The van der Waals surface area contributed by atoms with Gasteiger partial charge in [-0.25, -0.2) is 4.98 Å². The first-order valence-electron chi connectivity index (χ1n) is 5.96. The van der Waals surface area contributed by atoms with Gasteiger partial charge < -0.3 is 10.5 Å². The van der Waals surface area contributed by atoms with Crippen LogP contribution < -0.4 is 5.73 Å². The van der Waals surface area contributed by atoms with Crippen molar-refractivity contribution in [1.82, 2.24) is 4.98 Å². The van der Waals surface area contributed by atoms with Crippen LogP contribution in [-0.4, -0.2) is 12.1 Å². The minimum absolute atomic E-state index is 0.0672. The third-order valence-electron chi connectivity index (χ3n) is 2.83. The van der Waals surface area contributed by atoms with Gasteiger partial charge in [0.15, 0.2) is 0 Å². The standard InChI is InChI=1S/C14H18N2OS/c1-9(2)13(17-3)14-16-12(8-18-14)10-4-6-11(15)7-5-10/h4-9,13H,15H2,1-3H3. The second-order valence-corrected chi connectivity index (χ2v) is 5.48. The van der Waals surface area contributed by atoms with Crippen LogP contribution in [-0.2, 0) is 4.74 Å². The topological polar surface area (TPSA) is 48.1 Å². The van der Waals surface area contributed by atoms with Crippen LogP contribution >= 0.6 is 11.3 Å². The first-order chi connectivity index (χ1) is 8.61. The molecule has 18 heavy (non-hydrogen) atoms. The molecular formula is C14H18N2OS. The van der Waals surface area contributed by atoms with E-state index in [2.05, 4.69) is 24.2 Å². The average molecular weight is 262 g/mol. The van der Waals surface area contributed by atoms with Gasteiger partial charge in [0.05, 0.1) is 5.69 Å². The van der Waals surface area contributed by atoms with Gasteiger partial charge in [-0.2, -0.15) is 0 Å². The van der Waals surface area contributed by atoms with E-state index < -0.39 is 0 Å².